The van der Waals surface area contributed by atoms with Crippen LogP contribution in [0.25, 0.3) is 5.69 Å². The van der Waals surface area contributed by atoms with E-state index in [0.717, 1.165) is 12.2 Å². The van der Waals surface area contributed by atoms with Gasteiger partial charge in [-0.15, -0.1) is 5.10 Å². The lowest BCUT2D eigenvalue weighted by Crippen LogP contribution is -2.21. The fraction of sp³-hybridized carbons (Fsp3) is 0.385. The Morgan fingerprint density at radius 1 is 1.33 bits per heavy atom. The van der Waals surface area contributed by atoms with Crippen LogP contribution in [0.2, 0.25) is 0 Å². The summed E-state index contributed by atoms with van der Waals surface area (Å²) in [6.45, 7) is 5.81. The maximum atomic E-state index is 13.7. The molecule has 1 N–H and O–H groups in total. The van der Waals surface area contributed by atoms with E-state index in [1.54, 1.807) is 24.4 Å². The summed E-state index contributed by atoms with van der Waals surface area (Å²) in [6.07, 6.45) is 1.65. The molecule has 0 aliphatic carbocycles. The van der Waals surface area contributed by atoms with Crippen LogP contribution in [-0.2, 0) is 6.54 Å². The third-order valence-electron chi connectivity index (χ3n) is 2.56. The van der Waals surface area contributed by atoms with Crippen molar-refractivity contribution in [3.63, 3.8) is 0 Å². The number of hydrogen-bond donors (Lipinski definition) is 1. The van der Waals surface area contributed by atoms with Gasteiger partial charge in [0.2, 0.25) is 0 Å². The molecule has 2 rings (SSSR count). The normalized spacial score (nSPS) is 11.1. The molecule has 1 aromatic carbocycles. The monoisotopic (exact) mass is 248 g/mol. The molecule has 0 unspecified atom stereocenters. The molecule has 0 bridgehead atoms. The van der Waals surface area contributed by atoms with Crippen LogP contribution in [0.15, 0.2) is 30.5 Å². The van der Waals surface area contributed by atoms with Crippen molar-refractivity contribution in [1.82, 2.24) is 20.3 Å². The Balaban J connectivity index is 2.15. The lowest BCUT2D eigenvalue weighted by molar-refractivity contribution is 0.538. The molecule has 0 radical (unpaired) electrons. The standard InChI is InChI=1S/C13H17FN4/c1-10(2)7-15-8-11-9-16-17-18(11)13-6-4-3-5-12(13)14/h3-6,9-10,15H,7-8H2,1-2H3. The summed E-state index contributed by atoms with van der Waals surface area (Å²) >= 11 is 0. The maximum absolute atomic E-state index is 13.7. The van der Waals surface area contributed by atoms with Gasteiger partial charge >= 0.3 is 0 Å². The summed E-state index contributed by atoms with van der Waals surface area (Å²) in [7, 11) is 0. The van der Waals surface area contributed by atoms with E-state index in [0.29, 0.717) is 18.2 Å². The number of para-hydroxylation sites is 1. The van der Waals surface area contributed by atoms with E-state index in [-0.39, 0.29) is 5.82 Å². The van der Waals surface area contributed by atoms with Crippen LogP contribution in [-0.4, -0.2) is 21.5 Å². The van der Waals surface area contributed by atoms with E-state index in [2.05, 4.69) is 29.5 Å². The molecule has 1 aromatic heterocycles. The van der Waals surface area contributed by atoms with Gasteiger partial charge in [0.05, 0.1) is 11.9 Å². The van der Waals surface area contributed by atoms with Gasteiger partial charge in [-0.1, -0.05) is 31.2 Å². The van der Waals surface area contributed by atoms with Crippen LogP contribution in [0.3, 0.4) is 0 Å². The molecule has 18 heavy (non-hydrogen) atoms. The zero-order valence-corrected chi connectivity index (χ0v) is 10.6. The lowest BCUT2D eigenvalue weighted by atomic mass is 10.2. The minimum Gasteiger partial charge on any atom is -0.311 e. The van der Waals surface area contributed by atoms with Gasteiger partial charge in [0, 0.05) is 6.54 Å². The minimum absolute atomic E-state index is 0.298. The average molecular weight is 248 g/mol. The Morgan fingerprint density at radius 3 is 2.83 bits per heavy atom. The lowest BCUT2D eigenvalue weighted by Gasteiger charge is -2.09. The second-order valence-electron chi connectivity index (χ2n) is 4.61. The number of nitrogens with zero attached hydrogens (tertiary/aromatic N) is 3. The first-order valence-corrected chi connectivity index (χ1v) is 6.03. The Kier molecular flexibility index (Phi) is 4.04. The predicted molar refractivity (Wildman–Crippen MR) is 67.9 cm³/mol. The Labute approximate surface area is 106 Å². The highest BCUT2D eigenvalue weighted by Gasteiger charge is 2.09. The van der Waals surface area contributed by atoms with E-state index >= 15 is 0 Å². The summed E-state index contributed by atoms with van der Waals surface area (Å²) in [6, 6.07) is 6.55. The quantitative estimate of drug-likeness (QED) is 0.881. The largest absolute Gasteiger partial charge is 0.311 e. The van der Waals surface area contributed by atoms with E-state index in [1.807, 2.05) is 0 Å². The molecule has 0 amide bonds. The first-order valence-electron chi connectivity index (χ1n) is 6.03. The number of hydrogen-bond acceptors (Lipinski definition) is 3. The molecule has 1 heterocycles. The molecule has 0 saturated heterocycles. The second-order valence-corrected chi connectivity index (χ2v) is 4.61. The summed E-state index contributed by atoms with van der Waals surface area (Å²) < 4.78 is 15.2. The first kappa shape index (κ1) is 12.7. The molecule has 0 fully saturated rings. The topological polar surface area (TPSA) is 42.7 Å². The van der Waals surface area contributed by atoms with Gasteiger partial charge in [-0.3, -0.25) is 0 Å². The summed E-state index contributed by atoms with van der Waals surface area (Å²) in [5.74, 6) is 0.274. The Bertz CT molecular complexity index is 507. The van der Waals surface area contributed by atoms with Gasteiger partial charge < -0.3 is 5.32 Å². The highest BCUT2D eigenvalue weighted by Crippen LogP contribution is 2.13. The zero-order chi connectivity index (χ0) is 13.0. The van der Waals surface area contributed by atoms with Crippen molar-refractivity contribution in [2.24, 2.45) is 5.92 Å². The number of aromatic nitrogens is 3. The Morgan fingerprint density at radius 2 is 2.11 bits per heavy atom. The summed E-state index contributed by atoms with van der Waals surface area (Å²) in [5, 5.41) is 11.1. The fourth-order valence-electron chi connectivity index (χ4n) is 1.69. The molecule has 0 spiro atoms. The molecule has 2 aromatic rings. The van der Waals surface area contributed by atoms with Crippen molar-refractivity contribution in [2.75, 3.05) is 6.54 Å². The number of benzene rings is 1. The SMILES string of the molecule is CC(C)CNCc1cnnn1-c1ccccc1F. The fourth-order valence-corrected chi connectivity index (χ4v) is 1.69. The summed E-state index contributed by atoms with van der Waals surface area (Å²) in [5.41, 5.74) is 1.28. The third-order valence-corrected chi connectivity index (χ3v) is 2.56. The molecule has 0 aliphatic rings. The molecule has 0 aliphatic heterocycles. The molecule has 5 heteroatoms. The van der Waals surface area contributed by atoms with Crippen LogP contribution in [0, 0.1) is 11.7 Å². The zero-order valence-electron chi connectivity index (χ0n) is 10.6. The van der Waals surface area contributed by atoms with E-state index in [1.165, 1.54) is 10.7 Å². The van der Waals surface area contributed by atoms with Crippen LogP contribution < -0.4 is 5.32 Å². The van der Waals surface area contributed by atoms with E-state index in [4.69, 9.17) is 0 Å². The van der Waals surface area contributed by atoms with Gasteiger partial charge in [0.1, 0.15) is 11.5 Å². The van der Waals surface area contributed by atoms with Gasteiger partial charge in [-0.2, -0.15) is 0 Å². The smallest absolute Gasteiger partial charge is 0.148 e. The van der Waals surface area contributed by atoms with Crippen molar-refractivity contribution in [3.05, 3.63) is 42.0 Å². The average Bonchev–Trinajstić information content (AvgIpc) is 2.77. The molecular weight excluding hydrogens is 231 g/mol. The van der Waals surface area contributed by atoms with Gasteiger partial charge in [-0.25, -0.2) is 9.07 Å². The van der Waals surface area contributed by atoms with Gasteiger partial charge in [-0.05, 0) is 24.6 Å². The van der Waals surface area contributed by atoms with Crippen molar-refractivity contribution in [1.29, 1.82) is 0 Å². The van der Waals surface area contributed by atoms with Crippen LogP contribution in [0.5, 0.6) is 0 Å². The molecule has 4 nitrogen and oxygen atoms in total. The molecule has 96 valence electrons. The van der Waals surface area contributed by atoms with Crippen molar-refractivity contribution in [3.8, 4) is 5.69 Å². The Hall–Kier alpha value is -1.75. The van der Waals surface area contributed by atoms with E-state index in [9.17, 15) is 4.39 Å². The van der Waals surface area contributed by atoms with Crippen molar-refractivity contribution >= 4 is 0 Å². The summed E-state index contributed by atoms with van der Waals surface area (Å²) in [4.78, 5) is 0. The van der Waals surface area contributed by atoms with Gasteiger partial charge in [0.25, 0.3) is 0 Å². The van der Waals surface area contributed by atoms with Crippen LogP contribution in [0.1, 0.15) is 19.5 Å². The van der Waals surface area contributed by atoms with Crippen LogP contribution >= 0.6 is 0 Å². The molecule has 0 saturated carbocycles. The van der Waals surface area contributed by atoms with Crippen LogP contribution in [0.4, 0.5) is 4.39 Å². The predicted octanol–water partition coefficient (Wildman–Crippen LogP) is 2.15. The van der Waals surface area contributed by atoms with E-state index < -0.39 is 0 Å². The minimum atomic E-state index is -0.298. The second kappa shape index (κ2) is 5.73. The molecular formula is C13H17FN4. The van der Waals surface area contributed by atoms with Crippen molar-refractivity contribution in [2.45, 2.75) is 20.4 Å². The third kappa shape index (κ3) is 2.92. The number of nitrogens with one attached hydrogen (secondary N) is 1. The number of rotatable bonds is 5. The highest BCUT2D eigenvalue weighted by atomic mass is 19.1. The molecule has 0 atom stereocenters. The first-order chi connectivity index (χ1) is 8.68. The maximum Gasteiger partial charge on any atom is 0.148 e. The van der Waals surface area contributed by atoms with Gasteiger partial charge in [0.15, 0.2) is 0 Å². The number of halogens is 1. The van der Waals surface area contributed by atoms with Crippen molar-refractivity contribution < 1.29 is 4.39 Å². The highest BCUT2D eigenvalue weighted by molar-refractivity contribution is 5.33.